The smallest absolute Gasteiger partial charge is 0.243 e. The highest BCUT2D eigenvalue weighted by molar-refractivity contribution is 7.89. The van der Waals surface area contributed by atoms with Crippen LogP contribution >= 0.6 is 0 Å². The van der Waals surface area contributed by atoms with E-state index in [9.17, 15) is 16.8 Å². The van der Waals surface area contributed by atoms with Crippen LogP contribution in [0.4, 0.5) is 5.69 Å². The van der Waals surface area contributed by atoms with Crippen molar-refractivity contribution in [2.75, 3.05) is 44.8 Å². The minimum Gasteiger partial charge on any atom is -0.379 e. The summed E-state index contributed by atoms with van der Waals surface area (Å²) in [5, 5.41) is 0. The molecule has 0 aromatic heterocycles. The molecule has 1 atom stereocenters. The maximum atomic E-state index is 12.7. The predicted octanol–water partition coefficient (Wildman–Crippen LogP) is 1.51. The molecule has 0 radical (unpaired) electrons. The van der Waals surface area contributed by atoms with Crippen molar-refractivity contribution in [3.63, 3.8) is 0 Å². The summed E-state index contributed by atoms with van der Waals surface area (Å²) in [6, 6.07) is 14.9. The van der Waals surface area contributed by atoms with Gasteiger partial charge in [-0.1, -0.05) is 18.2 Å². The summed E-state index contributed by atoms with van der Waals surface area (Å²) < 4.78 is 59.8. The molecule has 10 heteroatoms. The van der Waals surface area contributed by atoms with Crippen LogP contribution in [0.2, 0.25) is 0 Å². The largest absolute Gasteiger partial charge is 0.379 e. The number of anilines is 1. The highest BCUT2D eigenvalue weighted by atomic mass is 32.2. The first-order valence-electron chi connectivity index (χ1n) is 9.67. The third-order valence-electron chi connectivity index (χ3n) is 5.14. The number of sulfonamides is 2. The van der Waals surface area contributed by atoms with Gasteiger partial charge in [0.15, 0.2) is 0 Å². The lowest BCUT2D eigenvalue weighted by atomic mass is 10.2. The molecule has 3 rings (SSSR count). The molecule has 0 bridgehead atoms. The zero-order valence-electron chi connectivity index (χ0n) is 17.1. The van der Waals surface area contributed by atoms with Gasteiger partial charge in [0.2, 0.25) is 20.0 Å². The monoisotopic (exact) mass is 453 g/mol. The van der Waals surface area contributed by atoms with Gasteiger partial charge in [-0.2, -0.15) is 4.31 Å². The molecule has 1 aliphatic rings. The van der Waals surface area contributed by atoms with E-state index in [1.807, 2.05) is 49.2 Å². The number of morpholine rings is 1. The quantitative estimate of drug-likeness (QED) is 0.651. The van der Waals surface area contributed by atoms with Crippen LogP contribution in [0.1, 0.15) is 6.92 Å². The summed E-state index contributed by atoms with van der Waals surface area (Å²) in [5.74, 6) is 0. The maximum absolute atomic E-state index is 12.7. The molecule has 2 aromatic carbocycles. The van der Waals surface area contributed by atoms with Crippen LogP contribution in [0, 0.1) is 0 Å². The van der Waals surface area contributed by atoms with Crippen LogP contribution in [0.15, 0.2) is 64.4 Å². The maximum Gasteiger partial charge on any atom is 0.243 e. The van der Waals surface area contributed by atoms with E-state index in [2.05, 4.69) is 4.72 Å². The average Bonchev–Trinajstić information content (AvgIpc) is 2.78. The number of likely N-dealkylation sites (N-methyl/N-ethyl adjacent to an activating group) is 1. The molecule has 1 saturated heterocycles. The molecule has 164 valence electrons. The second-order valence-corrected chi connectivity index (χ2v) is 10.8. The number of nitrogens with zero attached hydrogens (tertiary/aromatic N) is 2. The van der Waals surface area contributed by atoms with Gasteiger partial charge in [-0.3, -0.25) is 0 Å². The van der Waals surface area contributed by atoms with Crippen LogP contribution in [-0.2, 0) is 24.8 Å². The Kier molecular flexibility index (Phi) is 7.14. The van der Waals surface area contributed by atoms with E-state index in [-0.39, 0.29) is 35.5 Å². The zero-order chi connectivity index (χ0) is 21.8. The lowest BCUT2D eigenvalue weighted by molar-refractivity contribution is 0.0730. The number of benzene rings is 2. The topological polar surface area (TPSA) is 96.0 Å². The van der Waals surface area contributed by atoms with Crippen molar-refractivity contribution in [3.8, 4) is 0 Å². The zero-order valence-corrected chi connectivity index (χ0v) is 18.7. The second kappa shape index (κ2) is 9.44. The van der Waals surface area contributed by atoms with Crippen molar-refractivity contribution >= 4 is 25.7 Å². The Morgan fingerprint density at radius 2 is 1.53 bits per heavy atom. The Labute approximate surface area is 178 Å². The van der Waals surface area contributed by atoms with Gasteiger partial charge in [-0.15, -0.1) is 0 Å². The van der Waals surface area contributed by atoms with Crippen molar-refractivity contribution in [1.29, 1.82) is 0 Å². The van der Waals surface area contributed by atoms with E-state index >= 15 is 0 Å². The van der Waals surface area contributed by atoms with Crippen molar-refractivity contribution in [1.82, 2.24) is 9.03 Å². The average molecular weight is 454 g/mol. The molecule has 1 aliphatic heterocycles. The predicted molar refractivity (Wildman–Crippen MR) is 116 cm³/mol. The van der Waals surface area contributed by atoms with Gasteiger partial charge in [-0.05, 0) is 43.3 Å². The fraction of sp³-hybridized carbons (Fsp3) is 0.400. The number of hydrogen-bond acceptors (Lipinski definition) is 6. The number of para-hydroxylation sites is 1. The summed E-state index contributed by atoms with van der Waals surface area (Å²) in [6.45, 7) is 3.42. The minimum atomic E-state index is -3.76. The second-order valence-electron chi connectivity index (χ2n) is 7.14. The van der Waals surface area contributed by atoms with Gasteiger partial charge in [0.25, 0.3) is 0 Å². The van der Waals surface area contributed by atoms with Gasteiger partial charge in [0.05, 0.1) is 23.0 Å². The van der Waals surface area contributed by atoms with Crippen LogP contribution in [0.3, 0.4) is 0 Å². The van der Waals surface area contributed by atoms with E-state index in [0.717, 1.165) is 5.69 Å². The highest BCUT2D eigenvalue weighted by Crippen LogP contribution is 2.20. The van der Waals surface area contributed by atoms with E-state index in [1.54, 1.807) is 0 Å². The molecule has 1 fully saturated rings. The molecule has 0 saturated carbocycles. The van der Waals surface area contributed by atoms with Crippen LogP contribution in [0.25, 0.3) is 0 Å². The molecular weight excluding hydrogens is 426 g/mol. The third-order valence-corrected chi connectivity index (χ3v) is 8.49. The summed E-state index contributed by atoms with van der Waals surface area (Å²) >= 11 is 0. The summed E-state index contributed by atoms with van der Waals surface area (Å²) in [6.07, 6.45) is 0. The lowest BCUT2D eigenvalue weighted by Gasteiger charge is -2.27. The number of rotatable bonds is 8. The molecular formula is C20H27N3O5S2. The first kappa shape index (κ1) is 22.7. The van der Waals surface area contributed by atoms with Crippen molar-refractivity contribution in [2.45, 2.75) is 22.8 Å². The fourth-order valence-electron chi connectivity index (χ4n) is 3.09. The number of nitrogens with one attached hydrogen (secondary N) is 1. The minimum absolute atomic E-state index is 0.0259. The summed E-state index contributed by atoms with van der Waals surface area (Å²) in [4.78, 5) is 2.08. The first-order chi connectivity index (χ1) is 14.2. The molecule has 8 nitrogen and oxygen atoms in total. The molecule has 0 spiro atoms. The Bertz CT molecular complexity index is 1040. The third kappa shape index (κ3) is 5.19. The molecule has 0 aliphatic carbocycles. The van der Waals surface area contributed by atoms with Gasteiger partial charge < -0.3 is 9.64 Å². The molecule has 30 heavy (non-hydrogen) atoms. The van der Waals surface area contributed by atoms with Crippen LogP contribution in [0.5, 0.6) is 0 Å². The molecule has 1 unspecified atom stereocenters. The summed E-state index contributed by atoms with van der Waals surface area (Å²) in [5.41, 5.74) is 0.988. The van der Waals surface area contributed by atoms with Crippen molar-refractivity contribution < 1.29 is 21.6 Å². The Morgan fingerprint density at radius 3 is 2.13 bits per heavy atom. The van der Waals surface area contributed by atoms with Crippen molar-refractivity contribution in [2.24, 2.45) is 0 Å². The Morgan fingerprint density at radius 1 is 0.967 bits per heavy atom. The Balaban J connectivity index is 1.66. The molecule has 0 amide bonds. The van der Waals surface area contributed by atoms with Gasteiger partial charge >= 0.3 is 0 Å². The van der Waals surface area contributed by atoms with E-state index in [0.29, 0.717) is 13.2 Å². The summed E-state index contributed by atoms with van der Waals surface area (Å²) in [7, 11) is -5.52. The Hall–Kier alpha value is -1.98. The molecule has 1 heterocycles. The van der Waals surface area contributed by atoms with E-state index < -0.39 is 20.0 Å². The molecule has 1 N–H and O–H groups in total. The van der Waals surface area contributed by atoms with Gasteiger partial charge in [0, 0.05) is 38.4 Å². The SMILES string of the molecule is CC(CNS(=O)(=O)c1ccc(S(=O)(=O)N2CCOCC2)cc1)N(C)c1ccccc1. The van der Waals surface area contributed by atoms with E-state index in [4.69, 9.17) is 4.74 Å². The van der Waals surface area contributed by atoms with Crippen molar-refractivity contribution in [3.05, 3.63) is 54.6 Å². The van der Waals surface area contributed by atoms with Gasteiger partial charge in [0.1, 0.15) is 0 Å². The standard InChI is InChI=1S/C20H27N3O5S2/c1-17(22(2)18-6-4-3-5-7-18)16-21-29(24,25)19-8-10-20(11-9-19)30(26,27)23-12-14-28-15-13-23/h3-11,17,21H,12-16H2,1-2H3. The number of hydrogen-bond donors (Lipinski definition) is 1. The fourth-order valence-corrected chi connectivity index (χ4v) is 5.62. The first-order valence-corrected chi connectivity index (χ1v) is 12.6. The van der Waals surface area contributed by atoms with Gasteiger partial charge in [-0.25, -0.2) is 21.6 Å². The highest BCUT2D eigenvalue weighted by Gasteiger charge is 2.27. The van der Waals surface area contributed by atoms with E-state index in [1.165, 1.54) is 28.6 Å². The number of ether oxygens (including phenoxy) is 1. The van der Waals surface area contributed by atoms with Crippen LogP contribution in [-0.4, -0.2) is 67.1 Å². The molecule has 2 aromatic rings. The van der Waals surface area contributed by atoms with Crippen LogP contribution < -0.4 is 9.62 Å². The normalized spacial score (nSPS) is 16.9. The lowest BCUT2D eigenvalue weighted by Crippen LogP contribution is -2.40.